The monoisotopic (exact) mass is 340 g/mol. The summed E-state index contributed by atoms with van der Waals surface area (Å²) < 4.78 is 5.71. The molecule has 3 unspecified atom stereocenters. The summed E-state index contributed by atoms with van der Waals surface area (Å²) in [4.78, 5) is 17.0. The highest BCUT2D eigenvalue weighted by atomic mass is 32.2. The molecule has 24 heavy (non-hydrogen) atoms. The molecule has 0 bridgehead atoms. The van der Waals surface area contributed by atoms with Crippen molar-refractivity contribution in [3.05, 3.63) is 71.8 Å². The molecule has 0 aliphatic carbocycles. The molecule has 5 heteroatoms. The molecule has 2 amide bonds. The van der Waals surface area contributed by atoms with Gasteiger partial charge in [-0.25, -0.2) is 4.79 Å². The minimum atomic E-state index is -0.195. The van der Waals surface area contributed by atoms with Gasteiger partial charge < -0.3 is 9.64 Å². The van der Waals surface area contributed by atoms with E-state index in [0.29, 0.717) is 6.54 Å². The molecule has 0 spiro atoms. The zero-order chi connectivity index (χ0) is 16.5. The highest BCUT2D eigenvalue weighted by Crippen LogP contribution is 2.47. The number of urea groups is 1. The van der Waals surface area contributed by atoms with Crippen LogP contribution in [0.5, 0.6) is 0 Å². The Balaban J connectivity index is 1.61. The molecule has 0 radical (unpaired) electrons. The van der Waals surface area contributed by atoms with Crippen LogP contribution in [0.4, 0.5) is 4.79 Å². The summed E-state index contributed by atoms with van der Waals surface area (Å²) >= 11 is 1.82. The van der Waals surface area contributed by atoms with Gasteiger partial charge in [-0.05, 0) is 11.1 Å². The van der Waals surface area contributed by atoms with Gasteiger partial charge in [0, 0.05) is 12.9 Å². The number of carbonyl (C=O) groups excluding carboxylic acids is 1. The Morgan fingerprint density at radius 1 is 1.08 bits per heavy atom. The van der Waals surface area contributed by atoms with Gasteiger partial charge in [-0.15, -0.1) is 11.8 Å². The molecule has 0 N–H and O–H groups in total. The van der Waals surface area contributed by atoms with Crippen molar-refractivity contribution in [2.75, 3.05) is 12.9 Å². The Labute approximate surface area is 146 Å². The first-order valence-electron chi connectivity index (χ1n) is 8.12. The summed E-state index contributed by atoms with van der Waals surface area (Å²) in [5, 5.41) is 0.0714. The van der Waals surface area contributed by atoms with Crippen LogP contribution in [0.1, 0.15) is 16.5 Å². The lowest BCUT2D eigenvalue weighted by atomic mass is 10.2. The third-order valence-electron chi connectivity index (χ3n) is 4.66. The summed E-state index contributed by atoms with van der Waals surface area (Å²) in [6, 6.07) is 20.5. The van der Waals surface area contributed by atoms with Crippen LogP contribution < -0.4 is 0 Å². The van der Waals surface area contributed by atoms with Gasteiger partial charge in [0.05, 0.1) is 12.6 Å². The molecule has 3 atom stereocenters. The standard InChI is InChI=1S/C19H20N2O2S/c1-23-17-16-13-24-18(15-10-6-3-7-11-15)21(16)19(22)20(17)12-14-8-4-2-5-9-14/h2-11,16-18H,12-13H2,1H3. The molecular weight excluding hydrogens is 320 g/mol. The van der Waals surface area contributed by atoms with Crippen LogP contribution in [0.15, 0.2) is 60.7 Å². The lowest BCUT2D eigenvalue weighted by Crippen LogP contribution is -2.38. The van der Waals surface area contributed by atoms with Gasteiger partial charge in [-0.1, -0.05) is 60.7 Å². The number of fused-ring (bicyclic) bond motifs is 1. The number of methoxy groups -OCH3 is 1. The predicted molar refractivity (Wildman–Crippen MR) is 95.4 cm³/mol. The molecule has 2 saturated heterocycles. The van der Waals surface area contributed by atoms with Crippen molar-refractivity contribution < 1.29 is 9.53 Å². The Bertz CT molecular complexity index is 710. The first-order valence-corrected chi connectivity index (χ1v) is 9.16. The molecule has 2 fully saturated rings. The van der Waals surface area contributed by atoms with Crippen molar-refractivity contribution in [3.8, 4) is 0 Å². The second-order valence-electron chi connectivity index (χ2n) is 6.09. The van der Waals surface area contributed by atoms with Crippen molar-refractivity contribution in [1.82, 2.24) is 9.80 Å². The molecule has 2 heterocycles. The number of ether oxygens (including phenoxy) is 1. The zero-order valence-electron chi connectivity index (χ0n) is 13.5. The van der Waals surface area contributed by atoms with E-state index in [1.165, 1.54) is 5.56 Å². The van der Waals surface area contributed by atoms with E-state index in [1.807, 2.05) is 70.1 Å². The zero-order valence-corrected chi connectivity index (χ0v) is 14.4. The minimum absolute atomic E-state index is 0.0644. The fraction of sp³-hybridized carbons (Fsp3) is 0.316. The average Bonchev–Trinajstić information content (AvgIpc) is 3.17. The smallest absolute Gasteiger partial charge is 0.324 e. The van der Waals surface area contributed by atoms with E-state index in [9.17, 15) is 4.79 Å². The van der Waals surface area contributed by atoms with Crippen molar-refractivity contribution in [3.63, 3.8) is 0 Å². The van der Waals surface area contributed by atoms with E-state index in [4.69, 9.17) is 4.74 Å². The third-order valence-corrected chi connectivity index (χ3v) is 6.01. The van der Waals surface area contributed by atoms with Gasteiger partial charge in [0.1, 0.15) is 5.37 Å². The Morgan fingerprint density at radius 2 is 1.75 bits per heavy atom. The van der Waals surface area contributed by atoms with Crippen molar-refractivity contribution in [2.45, 2.75) is 24.2 Å². The maximum absolute atomic E-state index is 13.1. The Morgan fingerprint density at radius 3 is 2.42 bits per heavy atom. The van der Waals surface area contributed by atoms with Gasteiger partial charge >= 0.3 is 6.03 Å². The summed E-state index contributed by atoms with van der Waals surface area (Å²) in [7, 11) is 1.69. The van der Waals surface area contributed by atoms with Crippen molar-refractivity contribution in [1.29, 1.82) is 0 Å². The summed E-state index contributed by atoms with van der Waals surface area (Å²) in [6.07, 6.45) is -0.195. The largest absolute Gasteiger partial charge is 0.359 e. The van der Waals surface area contributed by atoms with Gasteiger partial charge in [-0.2, -0.15) is 0 Å². The maximum atomic E-state index is 13.1. The van der Waals surface area contributed by atoms with Crippen LogP contribution in [0.3, 0.4) is 0 Å². The fourth-order valence-corrected chi connectivity index (χ4v) is 5.01. The van der Waals surface area contributed by atoms with E-state index < -0.39 is 0 Å². The number of benzene rings is 2. The Hall–Kier alpha value is -1.98. The molecule has 2 aliphatic rings. The number of nitrogens with zero attached hydrogens (tertiary/aromatic N) is 2. The van der Waals surface area contributed by atoms with E-state index in [1.54, 1.807) is 7.11 Å². The first-order chi connectivity index (χ1) is 11.8. The van der Waals surface area contributed by atoms with Crippen LogP contribution in [-0.4, -0.2) is 41.0 Å². The molecule has 2 aromatic carbocycles. The Kier molecular flexibility index (Phi) is 4.21. The normalized spacial score (nSPS) is 26.0. The topological polar surface area (TPSA) is 32.8 Å². The second-order valence-corrected chi connectivity index (χ2v) is 7.21. The highest BCUT2D eigenvalue weighted by Gasteiger charge is 2.52. The molecule has 4 nitrogen and oxygen atoms in total. The molecule has 4 rings (SSSR count). The SMILES string of the molecule is COC1C2CSC(c3ccccc3)N2C(=O)N1Cc1ccccc1. The number of carbonyl (C=O) groups is 1. The quantitative estimate of drug-likeness (QED) is 0.850. The minimum Gasteiger partial charge on any atom is -0.359 e. The summed E-state index contributed by atoms with van der Waals surface area (Å²) in [6.45, 7) is 0.581. The van der Waals surface area contributed by atoms with Crippen molar-refractivity contribution in [2.24, 2.45) is 0 Å². The first kappa shape index (κ1) is 15.5. The highest BCUT2D eigenvalue weighted by molar-refractivity contribution is 7.99. The number of hydrogen-bond donors (Lipinski definition) is 0. The van der Waals surface area contributed by atoms with E-state index >= 15 is 0 Å². The molecular formula is C19H20N2O2S. The van der Waals surface area contributed by atoms with Gasteiger partial charge in [0.2, 0.25) is 0 Å². The number of thioether (sulfide) groups is 1. The van der Waals surface area contributed by atoms with E-state index in [-0.39, 0.29) is 23.7 Å². The van der Waals surface area contributed by atoms with E-state index in [0.717, 1.165) is 11.3 Å². The molecule has 0 aromatic heterocycles. The van der Waals surface area contributed by atoms with Gasteiger partial charge in [0.15, 0.2) is 6.23 Å². The third kappa shape index (κ3) is 2.58. The van der Waals surface area contributed by atoms with Gasteiger partial charge in [0.25, 0.3) is 0 Å². The van der Waals surface area contributed by atoms with Crippen LogP contribution in [0, 0.1) is 0 Å². The predicted octanol–water partition coefficient (Wildman–Crippen LogP) is 3.71. The van der Waals surface area contributed by atoms with Crippen LogP contribution in [0.25, 0.3) is 0 Å². The summed E-state index contributed by atoms with van der Waals surface area (Å²) in [5.74, 6) is 0.898. The van der Waals surface area contributed by atoms with Crippen LogP contribution >= 0.6 is 11.8 Å². The molecule has 2 aromatic rings. The maximum Gasteiger partial charge on any atom is 0.324 e. The molecule has 124 valence electrons. The number of hydrogen-bond acceptors (Lipinski definition) is 3. The van der Waals surface area contributed by atoms with E-state index in [2.05, 4.69) is 12.1 Å². The number of rotatable bonds is 4. The lowest BCUT2D eigenvalue weighted by molar-refractivity contribution is -0.00580. The lowest BCUT2D eigenvalue weighted by Gasteiger charge is -2.25. The van der Waals surface area contributed by atoms with Crippen LogP contribution in [0.2, 0.25) is 0 Å². The number of amides is 2. The average molecular weight is 340 g/mol. The molecule has 0 saturated carbocycles. The van der Waals surface area contributed by atoms with Gasteiger partial charge in [-0.3, -0.25) is 4.90 Å². The fourth-order valence-electron chi connectivity index (χ4n) is 3.55. The van der Waals surface area contributed by atoms with Crippen molar-refractivity contribution >= 4 is 17.8 Å². The summed E-state index contributed by atoms with van der Waals surface area (Å²) in [5.41, 5.74) is 2.30. The molecule has 2 aliphatic heterocycles. The second kappa shape index (κ2) is 6.49. The van der Waals surface area contributed by atoms with Crippen LogP contribution in [-0.2, 0) is 11.3 Å².